The largest absolute Gasteiger partial charge is 0.488 e. The lowest BCUT2D eigenvalue weighted by molar-refractivity contribution is 0.111. The summed E-state index contributed by atoms with van der Waals surface area (Å²) in [6.45, 7) is 0.415. The van der Waals surface area contributed by atoms with E-state index >= 15 is 0 Å². The third kappa shape index (κ3) is 2.45. The highest BCUT2D eigenvalue weighted by Gasteiger charge is 2.01. The molecule has 0 aliphatic rings. The molecule has 1 aromatic carbocycles. The second-order valence-electron chi connectivity index (χ2n) is 3.31. The first-order valence-electron chi connectivity index (χ1n) is 4.96. The van der Waals surface area contributed by atoms with Gasteiger partial charge in [0, 0.05) is 18.0 Å². The maximum Gasteiger partial charge on any atom is 0.153 e. The summed E-state index contributed by atoms with van der Waals surface area (Å²) in [7, 11) is 0. The number of para-hydroxylation sites is 1. The van der Waals surface area contributed by atoms with Crippen LogP contribution in [0.4, 0.5) is 0 Å². The molecule has 0 fully saturated rings. The number of nitrogens with zero attached hydrogens (tertiary/aromatic N) is 1. The molecule has 0 saturated carbocycles. The molecular weight excluding hydrogens is 202 g/mol. The van der Waals surface area contributed by atoms with Crippen LogP contribution in [-0.4, -0.2) is 11.3 Å². The number of hydrogen-bond acceptors (Lipinski definition) is 3. The van der Waals surface area contributed by atoms with E-state index < -0.39 is 0 Å². The van der Waals surface area contributed by atoms with Gasteiger partial charge in [0.25, 0.3) is 0 Å². The Labute approximate surface area is 93.7 Å². The quantitative estimate of drug-likeness (QED) is 0.732. The minimum absolute atomic E-state index is 0.415. The van der Waals surface area contributed by atoms with Gasteiger partial charge in [0.05, 0.1) is 5.56 Å². The van der Waals surface area contributed by atoms with E-state index in [4.69, 9.17) is 4.74 Å². The van der Waals surface area contributed by atoms with Gasteiger partial charge in [0.1, 0.15) is 12.4 Å². The number of carbonyl (C=O) groups is 1. The van der Waals surface area contributed by atoms with Crippen LogP contribution in [0.2, 0.25) is 0 Å². The summed E-state index contributed by atoms with van der Waals surface area (Å²) in [5, 5.41) is 0. The van der Waals surface area contributed by atoms with Crippen LogP contribution in [0.1, 0.15) is 15.9 Å². The molecule has 16 heavy (non-hydrogen) atoms. The van der Waals surface area contributed by atoms with Crippen molar-refractivity contribution in [3.63, 3.8) is 0 Å². The van der Waals surface area contributed by atoms with E-state index in [1.807, 2.05) is 18.2 Å². The first-order chi connectivity index (χ1) is 7.90. The molecule has 80 valence electrons. The predicted molar refractivity (Wildman–Crippen MR) is 60.4 cm³/mol. The molecule has 0 atom stereocenters. The minimum Gasteiger partial charge on any atom is -0.488 e. The zero-order chi connectivity index (χ0) is 11.2. The van der Waals surface area contributed by atoms with Crippen molar-refractivity contribution >= 4 is 6.29 Å². The fourth-order valence-electron chi connectivity index (χ4n) is 1.35. The topological polar surface area (TPSA) is 39.2 Å². The molecule has 0 saturated heterocycles. The van der Waals surface area contributed by atoms with Crippen molar-refractivity contribution in [1.82, 2.24) is 4.98 Å². The van der Waals surface area contributed by atoms with Gasteiger partial charge in [-0.1, -0.05) is 18.2 Å². The van der Waals surface area contributed by atoms with Gasteiger partial charge in [-0.2, -0.15) is 0 Å². The van der Waals surface area contributed by atoms with Crippen LogP contribution in [0, 0.1) is 0 Å². The molecular formula is C13H11NO2. The van der Waals surface area contributed by atoms with Crippen LogP contribution in [0.25, 0.3) is 0 Å². The lowest BCUT2D eigenvalue weighted by Crippen LogP contribution is -1.98. The van der Waals surface area contributed by atoms with Crippen molar-refractivity contribution in [2.75, 3.05) is 0 Å². The van der Waals surface area contributed by atoms with E-state index in [1.165, 1.54) is 0 Å². The van der Waals surface area contributed by atoms with E-state index in [2.05, 4.69) is 4.98 Å². The first-order valence-corrected chi connectivity index (χ1v) is 4.96. The Kier molecular flexibility index (Phi) is 3.28. The highest BCUT2D eigenvalue weighted by molar-refractivity contribution is 5.79. The van der Waals surface area contributed by atoms with E-state index in [0.717, 1.165) is 11.8 Å². The molecule has 0 radical (unpaired) electrons. The standard InChI is InChI=1S/C13H11NO2/c15-9-12-5-1-2-6-13(12)16-10-11-4-3-7-14-8-11/h1-9H,10H2. The molecule has 0 unspecified atom stereocenters. The predicted octanol–water partition coefficient (Wildman–Crippen LogP) is 2.47. The number of aromatic nitrogens is 1. The second kappa shape index (κ2) is 5.07. The molecule has 3 heteroatoms. The fourth-order valence-corrected chi connectivity index (χ4v) is 1.35. The Balaban J connectivity index is 2.08. The lowest BCUT2D eigenvalue weighted by atomic mass is 10.2. The molecule has 1 heterocycles. The maximum absolute atomic E-state index is 10.7. The lowest BCUT2D eigenvalue weighted by Gasteiger charge is -2.07. The average Bonchev–Trinajstić information content (AvgIpc) is 2.38. The van der Waals surface area contributed by atoms with Crippen molar-refractivity contribution in [2.24, 2.45) is 0 Å². The van der Waals surface area contributed by atoms with Gasteiger partial charge in [0.15, 0.2) is 6.29 Å². The molecule has 0 amide bonds. The van der Waals surface area contributed by atoms with E-state index in [-0.39, 0.29) is 0 Å². The number of carbonyl (C=O) groups excluding carboxylic acids is 1. The van der Waals surface area contributed by atoms with Crippen LogP contribution < -0.4 is 4.74 Å². The molecule has 0 aliphatic heterocycles. The highest BCUT2D eigenvalue weighted by Crippen LogP contribution is 2.16. The summed E-state index contributed by atoms with van der Waals surface area (Å²) in [5.41, 5.74) is 1.54. The number of benzene rings is 1. The van der Waals surface area contributed by atoms with E-state index in [1.54, 1.807) is 30.6 Å². The van der Waals surface area contributed by atoms with E-state index in [9.17, 15) is 4.79 Å². The summed E-state index contributed by atoms with van der Waals surface area (Å²) in [4.78, 5) is 14.7. The number of hydrogen-bond donors (Lipinski definition) is 0. The van der Waals surface area contributed by atoms with Gasteiger partial charge >= 0.3 is 0 Å². The van der Waals surface area contributed by atoms with Gasteiger partial charge in [-0.25, -0.2) is 0 Å². The summed E-state index contributed by atoms with van der Waals surface area (Å²) < 4.78 is 5.54. The van der Waals surface area contributed by atoms with Gasteiger partial charge in [-0.05, 0) is 18.2 Å². The van der Waals surface area contributed by atoms with Crippen LogP contribution in [0.5, 0.6) is 5.75 Å². The van der Waals surface area contributed by atoms with Gasteiger partial charge in [-0.3, -0.25) is 9.78 Å². The molecule has 2 aromatic rings. The number of pyridine rings is 1. The molecule has 3 nitrogen and oxygen atoms in total. The van der Waals surface area contributed by atoms with Gasteiger partial charge in [0.2, 0.25) is 0 Å². The Morgan fingerprint density at radius 2 is 2.06 bits per heavy atom. The van der Waals surface area contributed by atoms with Crippen LogP contribution in [0.15, 0.2) is 48.8 Å². The van der Waals surface area contributed by atoms with Crippen LogP contribution in [0.3, 0.4) is 0 Å². The Morgan fingerprint density at radius 1 is 1.19 bits per heavy atom. The van der Waals surface area contributed by atoms with Crippen LogP contribution in [-0.2, 0) is 6.61 Å². The third-order valence-electron chi connectivity index (χ3n) is 2.16. The van der Waals surface area contributed by atoms with Crippen molar-refractivity contribution < 1.29 is 9.53 Å². The molecule has 0 aliphatic carbocycles. The summed E-state index contributed by atoms with van der Waals surface area (Å²) in [6, 6.07) is 10.9. The summed E-state index contributed by atoms with van der Waals surface area (Å²) in [5.74, 6) is 0.598. The second-order valence-corrected chi connectivity index (χ2v) is 3.31. The monoisotopic (exact) mass is 213 g/mol. The summed E-state index contributed by atoms with van der Waals surface area (Å²) >= 11 is 0. The first kappa shape index (κ1) is 10.4. The van der Waals surface area contributed by atoms with Crippen molar-refractivity contribution in [3.05, 3.63) is 59.9 Å². The smallest absolute Gasteiger partial charge is 0.153 e. The molecule has 2 rings (SSSR count). The van der Waals surface area contributed by atoms with Crippen molar-refractivity contribution in [2.45, 2.75) is 6.61 Å². The number of aldehydes is 1. The van der Waals surface area contributed by atoms with E-state index in [0.29, 0.717) is 17.9 Å². The molecule has 0 bridgehead atoms. The SMILES string of the molecule is O=Cc1ccccc1OCc1cccnc1. The number of ether oxygens (including phenoxy) is 1. The van der Waals surface area contributed by atoms with Gasteiger partial charge < -0.3 is 4.74 Å². The molecule has 1 aromatic heterocycles. The zero-order valence-electron chi connectivity index (χ0n) is 8.67. The minimum atomic E-state index is 0.415. The van der Waals surface area contributed by atoms with Gasteiger partial charge in [-0.15, -0.1) is 0 Å². The Morgan fingerprint density at radius 3 is 2.81 bits per heavy atom. The maximum atomic E-state index is 10.7. The molecule has 0 spiro atoms. The van der Waals surface area contributed by atoms with Crippen molar-refractivity contribution in [3.8, 4) is 5.75 Å². The number of rotatable bonds is 4. The Hall–Kier alpha value is -2.16. The van der Waals surface area contributed by atoms with Crippen LogP contribution >= 0.6 is 0 Å². The third-order valence-corrected chi connectivity index (χ3v) is 2.16. The zero-order valence-corrected chi connectivity index (χ0v) is 8.67. The fraction of sp³-hybridized carbons (Fsp3) is 0.0769. The Bertz CT molecular complexity index is 468. The normalized spacial score (nSPS) is 9.75. The summed E-state index contributed by atoms with van der Waals surface area (Å²) in [6.07, 6.45) is 4.24. The highest BCUT2D eigenvalue weighted by atomic mass is 16.5. The van der Waals surface area contributed by atoms with Crippen molar-refractivity contribution in [1.29, 1.82) is 0 Å². The molecule has 0 N–H and O–H groups in total. The average molecular weight is 213 g/mol.